The number of hydrogen-bond donors (Lipinski definition) is 1. The van der Waals surface area contributed by atoms with Gasteiger partial charge in [-0.15, -0.1) is 0 Å². The van der Waals surface area contributed by atoms with Gasteiger partial charge in [-0.3, -0.25) is 4.79 Å². The van der Waals surface area contributed by atoms with Crippen LogP contribution < -0.4 is 5.32 Å². The number of aromatic nitrogens is 2. The zero-order valence-electron chi connectivity index (χ0n) is 15.7. The fourth-order valence-electron chi connectivity index (χ4n) is 5.23. The molecule has 2 saturated heterocycles. The van der Waals surface area contributed by atoms with Crippen LogP contribution in [-0.4, -0.2) is 50.7 Å². The third-order valence-electron chi connectivity index (χ3n) is 6.91. The summed E-state index contributed by atoms with van der Waals surface area (Å²) in [6.45, 7) is 0.864. The second-order valence-corrected chi connectivity index (χ2v) is 8.76. The molecule has 5 rings (SSSR count). The Kier molecular flexibility index (Phi) is 4.09. The molecule has 1 amide bonds. The Morgan fingerprint density at radius 1 is 1.27 bits per heavy atom. The van der Waals surface area contributed by atoms with E-state index in [0.29, 0.717) is 24.4 Å². The number of nitrogens with zero attached hydrogens (tertiary/aromatic N) is 3. The standard InChI is InChI=1S/C20H30N4O2/c1-23-11-10-21-19(23)18-16(5-6-17(25)24(18)15-3-4-15)22-14-7-12-26-20(13-14)8-2-9-20/h10-11,14-16,18,22H,2-9,12-13H2,1H3/t14?,16-,18-/m1/s1. The van der Waals surface area contributed by atoms with Crippen LogP contribution in [0.5, 0.6) is 0 Å². The molecule has 26 heavy (non-hydrogen) atoms. The number of carbonyl (C=O) groups excluding carboxylic acids is 1. The molecule has 1 spiro atoms. The molecule has 142 valence electrons. The minimum absolute atomic E-state index is 0.0592. The van der Waals surface area contributed by atoms with Crippen LogP contribution in [-0.2, 0) is 16.6 Å². The first kappa shape index (κ1) is 16.8. The molecule has 2 aliphatic heterocycles. The summed E-state index contributed by atoms with van der Waals surface area (Å²) >= 11 is 0. The first-order chi connectivity index (χ1) is 12.7. The van der Waals surface area contributed by atoms with E-state index in [1.807, 2.05) is 19.4 Å². The molecule has 2 saturated carbocycles. The molecule has 3 heterocycles. The highest BCUT2D eigenvalue weighted by Gasteiger charge is 2.48. The van der Waals surface area contributed by atoms with E-state index >= 15 is 0 Å². The smallest absolute Gasteiger partial charge is 0.223 e. The summed E-state index contributed by atoms with van der Waals surface area (Å²) in [5.41, 5.74) is 0.148. The molecule has 3 atom stereocenters. The van der Waals surface area contributed by atoms with Gasteiger partial charge in [0.1, 0.15) is 11.9 Å². The van der Waals surface area contributed by atoms with E-state index in [9.17, 15) is 4.79 Å². The fourth-order valence-corrected chi connectivity index (χ4v) is 5.23. The minimum Gasteiger partial charge on any atom is -0.375 e. The van der Waals surface area contributed by atoms with Crippen molar-refractivity contribution < 1.29 is 9.53 Å². The van der Waals surface area contributed by atoms with Crippen molar-refractivity contribution in [1.29, 1.82) is 0 Å². The number of hydrogen-bond acceptors (Lipinski definition) is 4. The van der Waals surface area contributed by atoms with Crippen molar-refractivity contribution in [2.24, 2.45) is 7.05 Å². The molecule has 4 fully saturated rings. The van der Waals surface area contributed by atoms with Gasteiger partial charge < -0.3 is 19.5 Å². The topological polar surface area (TPSA) is 59.4 Å². The quantitative estimate of drug-likeness (QED) is 0.897. The number of imidazole rings is 1. The monoisotopic (exact) mass is 358 g/mol. The van der Waals surface area contributed by atoms with Crippen LogP contribution in [0.1, 0.15) is 69.7 Å². The van der Waals surface area contributed by atoms with Gasteiger partial charge in [0.25, 0.3) is 0 Å². The number of likely N-dealkylation sites (tertiary alicyclic amines) is 1. The predicted octanol–water partition coefficient (Wildman–Crippen LogP) is 2.31. The van der Waals surface area contributed by atoms with Crippen LogP contribution >= 0.6 is 0 Å². The van der Waals surface area contributed by atoms with Gasteiger partial charge in [0.15, 0.2) is 0 Å². The SMILES string of the molecule is Cn1ccnc1[C@H]1[C@H](NC2CCOC3(CCC3)C2)CCC(=O)N1C1CC1. The number of amides is 1. The first-order valence-corrected chi connectivity index (χ1v) is 10.3. The van der Waals surface area contributed by atoms with Gasteiger partial charge in [-0.2, -0.15) is 0 Å². The lowest BCUT2D eigenvalue weighted by Crippen LogP contribution is -2.58. The van der Waals surface area contributed by atoms with Gasteiger partial charge in [-0.1, -0.05) is 0 Å². The Bertz CT molecular complexity index is 679. The number of aryl methyl sites for hydroxylation is 1. The zero-order valence-corrected chi connectivity index (χ0v) is 15.7. The highest BCUT2D eigenvalue weighted by Crippen LogP contribution is 2.44. The van der Waals surface area contributed by atoms with E-state index in [1.165, 1.54) is 19.3 Å². The Labute approximate surface area is 155 Å². The van der Waals surface area contributed by atoms with Gasteiger partial charge in [-0.05, 0) is 51.4 Å². The van der Waals surface area contributed by atoms with Crippen molar-refractivity contribution in [2.45, 2.75) is 87.6 Å². The summed E-state index contributed by atoms with van der Waals surface area (Å²) in [5, 5.41) is 3.95. The summed E-state index contributed by atoms with van der Waals surface area (Å²) in [6.07, 6.45) is 13.6. The Hall–Kier alpha value is -1.40. The molecule has 1 aromatic rings. The maximum Gasteiger partial charge on any atom is 0.223 e. The van der Waals surface area contributed by atoms with Crippen molar-refractivity contribution in [3.05, 3.63) is 18.2 Å². The van der Waals surface area contributed by atoms with Crippen molar-refractivity contribution in [3.8, 4) is 0 Å². The van der Waals surface area contributed by atoms with Gasteiger partial charge in [0.2, 0.25) is 5.91 Å². The summed E-state index contributed by atoms with van der Waals surface area (Å²) in [7, 11) is 2.04. The van der Waals surface area contributed by atoms with E-state index in [1.54, 1.807) is 0 Å². The maximum absolute atomic E-state index is 12.7. The molecule has 0 aromatic carbocycles. The lowest BCUT2D eigenvalue weighted by atomic mass is 9.73. The van der Waals surface area contributed by atoms with Gasteiger partial charge >= 0.3 is 0 Å². The van der Waals surface area contributed by atoms with E-state index in [4.69, 9.17) is 4.74 Å². The van der Waals surface area contributed by atoms with Crippen LogP contribution in [0.25, 0.3) is 0 Å². The average molecular weight is 358 g/mol. The zero-order chi connectivity index (χ0) is 17.7. The second-order valence-electron chi connectivity index (χ2n) is 8.76. The molecular formula is C20H30N4O2. The molecule has 1 N–H and O–H groups in total. The van der Waals surface area contributed by atoms with E-state index in [2.05, 4.69) is 19.8 Å². The number of ether oxygens (including phenoxy) is 1. The molecular weight excluding hydrogens is 328 g/mol. The summed E-state index contributed by atoms with van der Waals surface area (Å²) < 4.78 is 8.19. The van der Waals surface area contributed by atoms with Gasteiger partial charge in [0.05, 0.1) is 5.60 Å². The molecule has 4 aliphatic rings. The van der Waals surface area contributed by atoms with Crippen molar-refractivity contribution in [3.63, 3.8) is 0 Å². The van der Waals surface area contributed by atoms with E-state index in [-0.39, 0.29) is 17.7 Å². The Morgan fingerprint density at radius 2 is 2.12 bits per heavy atom. The molecule has 1 unspecified atom stereocenters. The van der Waals surface area contributed by atoms with E-state index in [0.717, 1.165) is 44.5 Å². The molecule has 1 aromatic heterocycles. The molecule has 0 bridgehead atoms. The third kappa shape index (κ3) is 2.87. The highest BCUT2D eigenvalue weighted by atomic mass is 16.5. The number of nitrogens with one attached hydrogen (secondary N) is 1. The summed E-state index contributed by atoms with van der Waals surface area (Å²) in [6, 6.07) is 1.26. The number of rotatable bonds is 4. The Morgan fingerprint density at radius 3 is 2.77 bits per heavy atom. The maximum atomic E-state index is 12.7. The van der Waals surface area contributed by atoms with Crippen LogP contribution in [0.15, 0.2) is 12.4 Å². The second kappa shape index (κ2) is 6.34. The number of carbonyl (C=O) groups is 1. The number of piperidine rings is 1. The molecule has 0 radical (unpaired) electrons. The summed E-state index contributed by atoms with van der Waals surface area (Å²) in [5.74, 6) is 1.33. The minimum atomic E-state index is 0.0592. The normalized spacial score (nSPS) is 34.1. The van der Waals surface area contributed by atoms with E-state index < -0.39 is 0 Å². The largest absolute Gasteiger partial charge is 0.375 e. The van der Waals surface area contributed by atoms with Crippen LogP contribution in [0.3, 0.4) is 0 Å². The van der Waals surface area contributed by atoms with Crippen molar-refractivity contribution in [2.75, 3.05) is 6.61 Å². The van der Waals surface area contributed by atoms with Crippen LogP contribution in [0, 0.1) is 0 Å². The highest BCUT2D eigenvalue weighted by molar-refractivity contribution is 5.78. The molecule has 6 heteroatoms. The molecule has 6 nitrogen and oxygen atoms in total. The van der Waals surface area contributed by atoms with Crippen LogP contribution in [0.4, 0.5) is 0 Å². The fraction of sp³-hybridized carbons (Fsp3) is 0.800. The van der Waals surface area contributed by atoms with Crippen molar-refractivity contribution in [1.82, 2.24) is 19.8 Å². The average Bonchev–Trinajstić information content (AvgIpc) is 3.36. The summed E-state index contributed by atoms with van der Waals surface area (Å²) in [4.78, 5) is 19.5. The lowest BCUT2D eigenvalue weighted by molar-refractivity contribution is -0.144. The molecule has 2 aliphatic carbocycles. The Balaban J connectivity index is 1.38. The van der Waals surface area contributed by atoms with Crippen molar-refractivity contribution >= 4 is 5.91 Å². The predicted molar refractivity (Wildman–Crippen MR) is 97.5 cm³/mol. The van der Waals surface area contributed by atoms with Gasteiger partial charge in [-0.25, -0.2) is 4.98 Å². The first-order valence-electron chi connectivity index (χ1n) is 10.3. The lowest BCUT2D eigenvalue weighted by Gasteiger charge is -2.49. The van der Waals surface area contributed by atoms with Crippen LogP contribution in [0.2, 0.25) is 0 Å². The van der Waals surface area contributed by atoms with Gasteiger partial charge in [0, 0.05) is 50.6 Å². The third-order valence-corrected chi connectivity index (χ3v) is 6.91.